The van der Waals surface area contributed by atoms with Crippen LogP contribution in [0.3, 0.4) is 0 Å². The van der Waals surface area contributed by atoms with Gasteiger partial charge in [0.2, 0.25) is 0 Å². The summed E-state index contributed by atoms with van der Waals surface area (Å²) in [4.78, 5) is 8.23. The van der Waals surface area contributed by atoms with Gasteiger partial charge in [0.05, 0.1) is 0 Å². The Morgan fingerprint density at radius 2 is 1.79 bits per heavy atom. The van der Waals surface area contributed by atoms with Gasteiger partial charge < -0.3 is 5.32 Å². The molecule has 14 heavy (non-hydrogen) atoms. The third-order valence-corrected chi connectivity index (χ3v) is 1.99. The van der Waals surface area contributed by atoms with Gasteiger partial charge in [0.1, 0.15) is 6.33 Å². The van der Waals surface area contributed by atoms with E-state index in [4.69, 9.17) is 0 Å². The van der Waals surface area contributed by atoms with Gasteiger partial charge in [-0.1, -0.05) is 0 Å². The Labute approximate surface area is 102 Å². The van der Waals surface area contributed by atoms with Crippen LogP contribution in [0, 0.1) is 0 Å². The molecule has 1 aliphatic rings. The molecule has 0 unspecified atom stereocenters. The van der Waals surface area contributed by atoms with Crippen molar-refractivity contribution in [1.29, 1.82) is 0 Å². The number of hydrogen-bond acceptors (Lipinski definition) is 3. The summed E-state index contributed by atoms with van der Waals surface area (Å²) < 4.78 is 0. The lowest BCUT2D eigenvalue weighted by molar-refractivity contribution is 0.708. The fourth-order valence-electron chi connectivity index (χ4n) is 1.37. The van der Waals surface area contributed by atoms with E-state index < -0.39 is 0 Å². The van der Waals surface area contributed by atoms with E-state index in [0.29, 0.717) is 0 Å². The van der Waals surface area contributed by atoms with Crippen LogP contribution in [0.5, 0.6) is 0 Å². The van der Waals surface area contributed by atoms with Gasteiger partial charge in [-0.15, -0.1) is 37.2 Å². The molecule has 0 saturated carbocycles. The first-order chi connectivity index (χ1) is 5.47. The number of hydrogen-bond donors (Lipinski definition) is 1. The summed E-state index contributed by atoms with van der Waals surface area (Å²) in [6, 6.07) is 0. The molecule has 3 nitrogen and oxygen atoms in total. The number of halogens is 3. The molecular formula is C8H14Cl3N3. The molecule has 1 N–H and O–H groups in total. The zero-order valence-electron chi connectivity index (χ0n) is 7.60. The van der Waals surface area contributed by atoms with E-state index in [0.717, 1.165) is 25.9 Å². The summed E-state index contributed by atoms with van der Waals surface area (Å²) in [5.74, 6) is 0. The quantitative estimate of drug-likeness (QED) is 0.765. The van der Waals surface area contributed by atoms with E-state index in [1.54, 1.807) is 6.33 Å². The molecule has 0 fully saturated rings. The van der Waals surface area contributed by atoms with Crippen molar-refractivity contribution >= 4 is 37.2 Å². The largest absolute Gasteiger partial charge is 0.316 e. The second kappa shape index (κ2) is 8.24. The Balaban J connectivity index is 0. The number of aromatic nitrogens is 2. The lowest BCUT2D eigenvalue weighted by atomic mass is 10.1. The van der Waals surface area contributed by atoms with Crippen LogP contribution in [0.1, 0.15) is 11.3 Å². The average Bonchev–Trinajstić information content (AvgIpc) is 2.28. The molecule has 0 aromatic carbocycles. The molecule has 0 atom stereocenters. The highest BCUT2D eigenvalue weighted by molar-refractivity contribution is 5.86. The molecular weight excluding hydrogens is 244 g/mol. The Kier molecular flexibility index (Phi) is 9.62. The highest BCUT2D eigenvalue weighted by Gasteiger charge is 2.06. The predicted molar refractivity (Wildman–Crippen MR) is 64.1 cm³/mol. The maximum atomic E-state index is 4.23. The SMILES string of the molecule is Cl.Cl.Cl.c1ncc2c(n1)CCNCC2. The molecule has 0 saturated heterocycles. The second-order valence-corrected chi connectivity index (χ2v) is 2.74. The van der Waals surface area contributed by atoms with Crippen molar-refractivity contribution in [3.05, 3.63) is 23.8 Å². The Hall–Kier alpha value is -0.0900. The minimum atomic E-state index is 0. The van der Waals surface area contributed by atoms with Crippen LogP contribution in [-0.4, -0.2) is 23.1 Å². The van der Waals surface area contributed by atoms with E-state index >= 15 is 0 Å². The number of nitrogens with zero attached hydrogens (tertiary/aromatic N) is 2. The van der Waals surface area contributed by atoms with E-state index in [1.807, 2.05) is 6.20 Å². The van der Waals surface area contributed by atoms with E-state index in [9.17, 15) is 0 Å². The third-order valence-electron chi connectivity index (χ3n) is 1.99. The average molecular weight is 259 g/mol. The number of nitrogens with one attached hydrogen (secondary N) is 1. The lowest BCUT2D eigenvalue weighted by Gasteiger charge is -1.99. The number of fused-ring (bicyclic) bond motifs is 1. The first-order valence-electron chi connectivity index (χ1n) is 3.95. The van der Waals surface area contributed by atoms with Gasteiger partial charge in [0, 0.05) is 24.9 Å². The van der Waals surface area contributed by atoms with Crippen LogP contribution < -0.4 is 5.32 Å². The van der Waals surface area contributed by atoms with Gasteiger partial charge in [-0.3, -0.25) is 0 Å². The topological polar surface area (TPSA) is 37.8 Å². The molecule has 6 heteroatoms. The van der Waals surface area contributed by atoms with Crippen LogP contribution in [-0.2, 0) is 12.8 Å². The smallest absolute Gasteiger partial charge is 0.115 e. The Morgan fingerprint density at radius 3 is 2.57 bits per heavy atom. The zero-order valence-corrected chi connectivity index (χ0v) is 10.1. The van der Waals surface area contributed by atoms with Crippen LogP contribution >= 0.6 is 37.2 Å². The molecule has 2 rings (SSSR count). The van der Waals surface area contributed by atoms with Gasteiger partial charge in [-0.25, -0.2) is 9.97 Å². The summed E-state index contributed by atoms with van der Waals surface area (Å²) in [6.07, 6.45) is 5.66. The zero-order chi connectivity index (χ0) is 7.52. The maximum absolute atomic E-state index is 4.23. The molecule has 1 aromatic rings. The maximum Gasteiger partial charge on any atom is 0.115 e. The van der Waals surface area contributed by atoms with Gasteiger partial charge in [0.15, 0.2) is 0 Å². The van der Waals surface area contributed by atoms with Gasteiger partial charge in [-0.05, 0) is 18.5 Å². The molecule has 0 bridgehead atoms. The van der Waals surface area contributed by atoms with Crippen LogP contribution in [0.2, 0.25) is 0 Å². The van der Waals surface area contributed by atoms with Crippen molar-refractivity contribution in [1.82, 2.24) is 15.3 Å². The standard InChI is InChI=1S/C8H11N3.3ClH/c1-3-9-4-2-8-7(1)5-10-6-11-8;;;/h5-6,9H,1-4H2;3*1H. The van der Waals surface area contributed by atoms with Crippen LogP contribution in [0.25, 0.3) is 0 Å². The van der Waals surface area contributed by atoms with E-state index in [1.165, 1.54) is 11.3 Å². The van der Waals surface area contributed by atoms with Gasteiger partial charge >= 0.3 is 0 Å². The summed E-state index contributed by atoms with van der Waals surface area (Å²) >= 11 is 0. The van der Waals surface area contributed by atoms with Crippen molar-refractivity contribution in [2.24, 2.45) is 0 Å². The summed E-state index contributed by atoms with van der Waals surface area (Å²) in [7, 11) is 0. The van der Waals surface area contributed by atoms with Crippen molar-refractivity contribution in [3.8, 4) is 0 Å². The van der Waals surface area contributed by atoms with Crippen molar-refractivity contribution in [2.45, 2.75) is 12.8 Å². The normalized spacial score (nSPS) is 13.4. The Bertz CT molecular complexity index is 232. The monoisotopic (exact) mass is 257 g/mol. The molecule has 0 radical (unpaired) electrons. The molecule has 0 aliphatic carbocycles. The fraction of sp³-hybridized carbons (Fsp3) is 0.500. The molecule has 82 valence electrons. The van der Waals surface area contributed by atoms with Crippen molar-refractivity contribution in [3.63, 3.8) is 0 Å². The van der Waals surface area contributed by atoms with Crippen LogP contribution in [0.4, 0.5) is 0 Å². The van der Waals surface area contributed by atoms with E-state index in [-0.39, 0.29) is 37.2 Å². The lowest BCUT2D eigenvalue weighted by Crippen LogP contribution is -2.16. The highest BCUT2D eigenvalue weighted by Crippen LogP contribution is 2.06. The summed E-state index contributed by atoms with van der Waals surface area (Å²) in [5.41, 5.74) is 2.52. The third kappa shape index (κ3) is 3.96. The van der Waals surface area contributed by atoms with Gasteiger partial charge in [-0.2, -0.15) is 0 Å². The molecule has 1 aromatic heterocycles. The highest BCUT2D eigenvalue weighted by atomic mass is 35.5. The van der Waals surface area contributed by atoms with Crippen LogP contribution in [0.15, 0.2) is 12.5 Å². The molecule has 0 amide bonds. The van der Waals surface area contributed by atoms with Crippen molar-refractivity contribution < 1.29 is 0 Å². The summed E-state index contributed by atoms with van der Waals surface area (Å²) in [5, 5.41) is 3.33. The second-order valence-electron chi connectivity index (χ2n) is 2.74. The van der Waals surface area contributed by atoms with Gasteiger partial charge in [0.25, 0.3) is 0 Å². The fourth-order valence-corrected chi connectivity index (χ4v) is 1.37. The molecule has 2 heterocycles. The first kappa shape index (κ1) is 16.3. The van der Waals surface area contributed by atoms with Crippen molar-refractivity contribution in [2.75, 3.05) is 13.1 Å². The molecule has 0 spiro atoms. The Morgan fingerprint density at radius 1 is 1.07 bits per heavy atom. The summed E-state index contributed by atoms with van der Waals surface area (Å²) in [6.45, 7) is 2.10. The minimum Gasteiger partial charge on any atom is -0.316 e. The molecule has 1 aliphatic heterocycles. The number of rotatable bonds is 0. The predicted octanol–water partition coefficient (Wildman–Crippen LogP) is 1.43. The minimum absolute atomic E-state index is 0. The van der Waals surface area contributed by atoms with E-state index in [2.05, 4.69) is 15.3 Å². The first-order valence-corrected chi connectivity index (χ1v) is 3.95.